The summed E-state index contributed by atoms with van der Waals surface area (Å²) in [5, 5.41) is 2.56. The number of benzene rings is 2. The van der Waals surface area contributed by atoms with E-state index in [2.05, 4.69) is 89.2 Å². The molecule has 0 aromatic heterocycles. The summed E-state index contributed by atoms with van der Waals surface area (Å²) < 4.78 is 1.43. The van der Waals surface area contributed by atoms with E-state index in [0.29, 0.717) is 0 Å². The molecule has 1 aliphatic rings. The molecule has 0 amide bonds. The van der Waals surface area contributed by atoms with Crippen LogP contribution in [-0.2, 0) is 27.3 Å². The van der Waals surface area contributed by atoms with Crippen molar-refractivity contribution in [3.8, 4) is 0 Å². The Morgan fingerprint density at radius 2 is 1.20 bits per heavy atom. The van der Waals surface area contributed by atoms with E-state index in [1.165, 1.54) is 57.9 Å². The molecule has 2 aromatic carbocycles. The average molecular weight is 517 g/mol. The topological polar surface area (TPSA) is 25.3 Å². The van der Waals surface area contributed by atoms with Gasteiger partial charge in [-0.2, -0.15) is 0 Å². The number of aryl methyl sites for hydroxylation is 2. The summed E-state index contributed by atoms with van der Waals surface area (Å²) >= 11 is 1.82. The zero-order chi connectivity index (χ0) is 25.5. The van der Waals surface area contributed by atoms with Gasteiger partial charge in [0.1, 0.15) is 0 Å². The molecule has 0 radical (unpaired) electrons. The summed E-state index contributed by atoms with van der Waals surface area (Å²) in [6, 6.07) is 17.4. The van der Waals surface area contributed by atoms with Gasteiger partial charge in [0.15, 0.2) is 0 Å². The molecule has 0 aliphatic carbocycles. The summed E-state index contributed by atoms with van der Waals surface area (Å²) in [6.07, 6.45) is 12.4. The maximum absolute atomic E-state index is 11.3. The minimum absolute atomic E-state index is 0.897. The molecule has 0 saturated carbocycles. The average Bonchev–Trinajstić information content (AvgIpc) is 3.22. The Balaban J connectivity index is 0.000000784. The van der Waals surface area contributed by atoms with Crippen molar-refractivity contribution in [2.45, 2.75) is 103 Å². The predicted octanol–water partition coefficient (Wildman–Crippen LogP) is 10.3. The molecule has 3 heteroatoms. The molecule has 0 bridgehead atoms. The third kappa shape index (κ3) is 9.19. The molecule has 0 atom stereocenters. The Labute approximate surface area is 221 Å². The molecule has 0 saturated heterocycles. The van der Waals surface area contributed by atoms with Gasteiger partial charge < -0.3 is 5.53 Å². The molecule has 2 nitrogen and oxygen atoms in total. The first-order chi connectivity index (χ1) is 17.1. The maximum atomic E-state index is 11.3. The van der Waals surface area contributed by atoms with Gasteiger partial charge in [-0.25, -0.2) is 4.70 Å². The third-order valence-corrected chi connectivity index (χ3v) is 7.22. The monoisotopic (exact) mass is 516 g/mol. The van der Waals surface area contributed by atoms with Crippen molar-refractivity contribution in [2.75, 3.05) is 0 Å². The van der Waals surface area contributed by atoms with Gasteiger partial charge in [0.25, 0.3) is 0 Å². The molecule has 3 rings (SSSR count). The molecule has 1 aliphatic heterocycles. The second kappa shape index (κ2) is 16.6. The van der Waals surface area contributed by atoms with Gasteiger partial charge in [-0.1, -0.05) is 64.3 Å². The molecular formula is C32H46N2Ni. The summed E-state index contributed by atoms with van der Waals surface area (Å²) in [6.45, 7) is 11.0. The molecule has 194 valence electrons. The number of nitrogens with zero attached hydrogens (tertiary/aromatic N) is 2. The van der Waals surface area contributed by atoms with Gasteiger partial charge in [0, 0.05) is 22.8 Å². The van der Waals surface area contributed by atoms with E-state index < -0.39 is 0 Å². The summed E-state index contributed by atoms with van der Waals surface area (Å²) in [5.41, 5.74) is 19.3. The predicted molar refractivity (Wildman–Crippen MR) is 149 cm³/mol. The molecule has 35 heavy (non-hydrogen) atoms. The fraction of sp³-hybridized carbons (Fsp3) is 0.500. The SMILES string of the molecule is CCCCC1=C(c2cccc(CCCC)c2)[N+](=[N-])C(c2cccc(CCCC)c2)=C1.C[CH2][Ni][CH2]C. The van der Waals surface area contributed by atoms with Gasteiger partial charge in [-0.05, 0) is 73.9 Å². The quantitative estimate of drug-likeness (QED) is 0.187. The van der Waals surface area contributed by atoms with E-state index in [-0.39, 0.29) is 0 Å². The van der Waals surface area contributed by atoms with E-state index in [1.54, 1.807) is 0 Å². The van der Waals surface area contributed by atoms with Crippen LogP contribution in [0.2, 0.25) is 10.8 Å². The van der Waals surface area contributed by atoms with Crippen molar-refractivity contribution < 1.29 is 19.1 Å². The van der Waals surface area contributed by atoms with E-state index in [9.17, 15) is 5.53 Å². The molecule has 0 fully saturated rings. The molecule has 0 unspecified atom stereocenters. The number of unbranched alkanes of at least 4 members (excludes halogenated alkanes) is 3. The zero-order valence-corrected chi connectivity index (χ0v) is 23.7. The van der Waals surface area contributed by atoms with E-state index >= 15 is 0 Å². The second-order valence-electron chi connectivity index (χ2n) is 9.03. The molecule has 0 N–H and O–H groups in total. The van der Waals surface area contributed by atoms with Crippen LogP contribution in [0.3, 0.4) is 0 Å². The third-order valence-electron chi connectivity index (χ3n) is 6.23. The fourth-order valence-electron chi connectivity index (χ4n) is 4.30. The van der Waals surface area contributed by atoms with Crippen LogP contribution in [0.25, 0.3) is 16.9 Å². The standard InChI is InChI=1S/C28H36N2.2C2H5.Ni/c1-4-7-12-22-14-10-17-24(19-22)27-21-26(16-9-6-3)28(30(27)29)25-18-11-15-23(20-25)13-8-5-2;2*1-2;/h10-11,14-15,17-21H,4-9,12-13,16H2,1-3H3;2*1H2,2H3;. The van der Waals surface area contributed by atoms with Crippen LogP contribution in [0.4, 0.5) is 0 Å². The van der Waals surface area contributed by atoms with Gasteiger partial charge in [-0.3, -0.25) is 0 Å². The van der Waals surface area contributed by atoms with E-state index in [1.807, 2.05) is 14.4 Å². The van der Waals surface area contributed by atoms with Crippen LogP contribution in [0, 0.1) is 0 Å². The summed E-state index contributed by atoms with van der Waals surface area (Å²) in [5.74, 6) is 0. The zero-order valence-electron chi connectivity index (χ0n) is 22.7. The first kappa shape index (κ1) is 29.2. The van der Waals surface area contributed by atoms with Gasteiger partial charge >= 0.3 is 39.1 Å². The number of hydrogen-bond donors (Lipinski definition) is 0. The molecular weight excluding hydrogens is 471 g/mol. The van der Waals surface area contributed by atoms with E-state index in [4.69, 9.17) is 0 Å². The van der Waals surface area contributed by atoms with Gasteiger partial charge in [-0.15, -0.1) is 0 Å². The Morgan fingerprint density at radius 1 is 0.686 bits per heavy atom. The normalized spacial score (nSPS) is 13.2. The molecule has 1 heterocycles. The van der Waals surface area contributed by atoms with Crippen LogP contribution >= 0.6 is 0 Å². The van der Waals surface area contributed by atoms with Crippen LogP contribution in [0.5, 0.6) is 0 Å². The summed E-state index contributed by atoms with van der Waals surface area (Å²) in [7, 11) is 0. The van der Waals surface area contributed by atoms with Crippen LogP contribution in [0.15, 0.2) is 60.2 Å². The summed E-state index contributed by atoms with van der Waals surface area (Å²) in [4.78, 5) is 0. The van der Waals surface area contributed by atoms with Gasteiger partial charge in [0.2, 0.25) is 11.4 Å². The second-order valence-corrected chi connectivity index (χ2v) is 10.9. The molecule has 0 spiro atoms. The van der Waals surface area contributed by atoms with Crippen LogP contribution in [0.1, 0.15) is 102 Å². The van der Waals surface area contributed by atoms with Crippen molar-refractivity contribution in [3.63, 3.8) is 0 Å². The number of allylic oxidation sites excluding steroid dienone is 2. The van der Waals surface area contributed by atoms with Crippen molar-refractivity contribution in [1.82, 2.24) is 0 Å². The van der Waals surface area contributed by atoms with Crippen molar-refractivity contribution in [1.29, 1.82) is 0 Å². The van der Waals surface area contributed by atoms with Crippen molar-refractivity contribution >= 4 is 11.4 Å². The first-order valence-electron chi connectivity index (χ1n) is 13.7. The first-order valence-corrected chi connectivity index (χ1v) is 15.1. The number of rotatable bonds is 13. The van der Waals surface area contributed by atoms with Crippen LogP contribution < -0.4 is 0 Å². The Morgan fingerprint density at radius 3 is 1.71 bits per heavy atom. The van der Waals surface area contributed by atoms with Crippen molar-refractivity contribution in [2.24, 2.45) is 0 Å². The van der Waals surface area contributed by atoms with Gasteiger partial charge in [0.05, 0.1) is 0 Å². The molecule has 2 aromatic rings. The van der Waals surface area contributed by atoms with Crippen molar-refractivity contribution in [3.05, 3.63) is 88.0 Å². The minimum atomic E-state index is 0.897. The Kier molecular flexibility index (Phi) is 13.9. The Bertz CT molecular complexity index is 985. The number of hydrogen-bond acceptors (Lipinski definition) is 0. The van der Waals surface area contributed by atoms with Crippen LogP contribution in [-0.4, -0.2) is 4.70 Å². The Hall–Kier alpha value is -1.99. The van der Waals surface area contributed by atoms with E-state index in [0.717, 1.165) is 54.6 Å². The fourth-order valence-corrected chi connectivity index (χ4v) is 4.80.